The summed E-state index contributed by atoms with van der Waals surface area (Å²) in [7, 11) is 0. The van der Waals surface area contributed by atoms with E-state index >= 15 is 0 Å². The molecular weight excluding hydrogens is 986 g/mol. The second kappa shape index (κ2) is 24.0. The fourth-order valence-electron chi connectivity index (χ4n) is 10.1. The topological polar surface area (TPSA) is 293 Å². The highest BCUT2D eigenvalue weighted by Crippen LogP contribution is 2.45. The monoisotopic (exact) mass is 1050 g/mol. The van der Waals surface area contributed by atoms with Crippen molar-refractivity contribution < 1.29 is 57.4 Å². The summed E-state index contributed by atoms with van der Waals surface area (Å²) in [5.74, 6) is -5.06. The summed E-state index contributed by atoms with van der Waals surface area (Å²) in [6.07, 6.45) is 6.92. The number of nitrogens with zero attached hydrogens (tertiary/aromatic N) is 3. The Kier molecular flexibility index (Phi) is 17.1. The van der Waals surface area contributed by atoms with Crippen molar-refractivity contribution in [2.75, 3.05) is 32.7 Å². The van der Waals surface area contributed by atoms with Crippen LogP contribution in [0.15, 0.2) is 65.5 Å². The van der Waals surface area contributed by atoms with Crippen LogP contribution >= 0.6 is 0 Å². The van der Waals surface area contributed by atoms with Gasteiger partial charge in [-0.25, -0.2) is 14.2 Å². The number of nitrogens with one attached hydrogen (secondary N) is 6. The number of cyclic esters (lactones) is 1. The molecule has 4 aliphatic rings. The SMILES string of the molecule is CC[C@@]1(O)C(=O)OCc2c1cc1n(c2=O)Cc2c-1nc1cc(F)cc3c1c2[C@@H](NC(=O)CCCCCNC(=O)CNC(=O)[C@H](Cc1ccccc1)NC(=O)CNC(=O)CNC(=O)CCCCCN1C(=O)C=CC1=O)CC3. The predicted octanol–water partition coefficient (Wildman–Crippen LogP) is 1.56. The zero-order chi connectivity index (χ0) is 54.1. The van der Waals surface area contributed by atoms with Gasteiger partial charge in [-0.05, 0) is 73.8 Å². The van der Waals surface area contributed by atoms with E-state index in [2.05, 4.69) is 31.9 Å². The van der Waals surface area contributed by atoms with Crippen LogP contribution in [0.4, 0.5) is 4.39 Å². The fourth-order valence-corrected chi connectivity index (χ4v) is 10.1. The number of halogens is 1. The second-order valence-corrected chi connectivity index (χ2v) is 19.3. The number of rotatable bonds is 24. The minimum atomic E-state index is -2.02. The summed E-state index contributed by atoms with van der Waals surface area (Å²) in [6, 6.07) is 11.7. The molecule has 22 heteroatoms. The van der Waals surface area contributed by atoms with Gasteiger partial charge in [0.2, 0.25) is 35.4 Å². The van der Waals surface area contributed by atoms with Crippen LogP contribution in [0.5, 0.6) is 0 Å². The molecule has 2 aromatic carbocycles. The third-order valence-electron chi connectivity index (χ3n) is 14.1. The number of pyridine rings is 2. The molecule has 0 spiro atoms. The van der Waals surface area contributed by atoms with Crippen LogP contribution in [0, 0.1) is 5.82 Å². The molecule has 0 fully saturated rings. The Morgan fingerprint density at radius 2 is 1.49 bits per heavy atom. The van der Waals surface area contributed by atoms with Gasteiger partial charge in [0.05, 0.1) is 54.7 Å². The minimum Gasteiger partial charge on any atom is -0.458 e. The van der Waals surface area contributed by atoms with E-state index in [1.54, 1.807) is 43.3 Å². The molecule has 3 atom stereocenters. The number of hydrogen-bond acceptors (Lipinski definition) is 13. The van der Waals surface area contributed by atoms with Crippen LogP contribution in [0.1, 0.15) is 111 Å². The number of carbonyl (C=O) groups is 9. The molecule has 3 aliphatic heterocycles. The van der Waals surface area contributed by atoms with E-state index in [0.717, 1.165) is 21.6 Å². The van der Waals surface area contributed by atoms with Gasteiger partial charge in [-0.15, -0.1) is 0 Å². The third kappa shape index (κ3) is 12.3. The molecule has 21 nitrogen and oxygen atoms in total. The number of ether oxygens (including phenoxy) is 1. The summed E-state index contributed by atoms with van der Waals surface area (Å²) in [5.41, 5.74) is 1.93. The quantitative estimate of drug-likeness (QED) is 0.0263. The number of carbonyl (C=O) groups excluding carboxylic acids is 9. The highest BCUT2D eigenvalue weighted by molar-refractivity contribution is 6.12. The number of aliphatic hydroxyl groups is 1. The standard InChI is InChI=1S/C54H60FN9O12/c1-2-54(75)36-25-40-50-34(29-64(40)52(73)35(36)30-76-53(54)74)49-37(17-16-32-23-33(55)24-38(62-50)48(32)49)60-42(66)15-8-4-10-20-56-43(67)27-59-51(72)39(22-31-12-6-3-7-13-31)61-45(69)28-58-44(68)26-57-41(65)14-9-5-11-21-63-46(70)18-19-47(63)71/h3,6-7,12-13,18-19,23-25,37,39,75H,2,4-5,8-11,14-17,20-22,26-30H2,1H3,(H,56,67)(H,57,65)(H,58,68)(H,59,72)(H,60,66)(H,61,69)/t37-,39-,54-/m0/s1. The summed E-state index contributed by atoms with van der Waals surface area (Å²) in [6.45, 7) is 0.717. The van der Waals surface area contributed by atoms with Crippen molar-refractivity contribution >= 4 is 64.1 Å². The van der Waals surface area contributed by atoms with Gasteiger partial charge in [0.25, 0.3) is 17.4 Å². The predicted molar refractivity (Wildman–Crippen MR) is 271 cm³/mol. The number of fused-ring (bicyclic) bond motifs is 5. The summed E-state index contributed by atoms with van der Waals surface area (Å²) in [4.78, 5) is 133. The van der Waals surface area contributed by atoms with Crippen LogP contribution in [-0.2, 0) is 79.5 Å². The lowest BCUT2D eigenvalue weighted by Gasteiger charge is -2.31. The fraction of sp³-hybridized carbons (Fsp3) is 0.426. The number of amides is 8. The molecule has 7 N–H and O–H groups in total. The first-order chi connectivity index (χ1) is 36.5. The number of imide groups is 1. The van der Waals surface area contributed by atoms with Crippen molar-refractivity contribution in [3.05, 3.63) is 110 Å². The molecule has 0 saturated carbocycles. The summed E-state index contributed by atoms with van der Waals surface area (Å²) in [5, 5.41) is 28.0. The van der Waals surface area contributed by atoms with E-state index < -0.39 is 65.2 Å². The number of esters is 1. The van der Waals surface area contributed by atoms with E-state index in [9.17, 15) is 57.4 Å². The molecule has 4 aromatic rings. The molecular formula is C54H60FN9O12. The molecule has 1 aliphatic carbocycles. The normalized spacial score (nSPS) is 17.3. The van der Waals surface area contributed by atoms with Gasteiger partial charge in [0, 0.05) is 67.1 Å². The van der Waals surface area contributed by atoms with Crippen LogP contribution in [0.3, 0.4) is 0 Å². The zero-order valence-corrected chi connectivity index (χ0v) is 42.0. The molecule has 400 valence electrons. The Hall–Kier alpha value is -8.14. The lowest BCUT2D eigenvalue weighted by Crippen LogP contribution is -2.52. The maximum Gasteiger partial charge on any atom is 0.343 e. The Labute approximate surface area is 435 Å². The van der Waals surface area contributed by atoms with Crippen molar-refractivity contribution in [2.45, 2.75) is 115 Å². The second-order valence-electron chi connectivity index (χ2n) is 19.3. The molecule has 0 saturated heterocycles. The molecule has 76 heavy (non-hydrogen) atoms. The van der Waals surface area contributed by atoms with Crippen LogP contribution in [0.2, 0.25) is 0 Å². The average molecular weight is 1050 g/mol. The first-order valence-corrected chi connectivity index (χ1v) is 25.6. The molecule has 2 aromatic heterocycles. The highest BCUT2D eigenvalue weighted by Gasteiger charge is 2.46. The Balaban J connectivity index is 0.761. The van der Waals surface area contributed by atoms with E-state index in [4.69, 9.17) is 9.72 Å². The largest absolute Gasteiger partial charge is 0.458 e. The van der Waals surface area contributed by atoms with E-state index in [0.29, 0.717) is 79.2 Å². The van der Waals surface area contributed by atoms with Gasteiger partial charge >= 0.3 is 5.97 Å². The number of aromatic nitrogens is 2. The van der Waals surface area contributed by atoms with Crippen LogP contribution < -0.4 is 37.5 Å². The number of unbranched alkanes of at least 4 members (excludes halogenated alkanes) is 4. The molecule has 8 amide bonds. The Bertz CT molecular complexity index is 3070. The van der Waals surface area contributed by atoms with Crippen molar-refractivity contribution in [1.29, 1.82) is 0 Å². The maximum absolute atomic E-state index is 15.0. The first kappa shape index (κ1) is 54.1. The van der Waals surface area contributed by atoms with Gasteiger partial charge in [0.1, 0.15) is 18.5 Å². The van der Waals surface area contributed by atoms with Crippen LogP contribution in [-0.4, -0.2) is 112 Å². The van der Waals surface area contributed by atoms with E-state index in [-0.39, 0.29) is 99.8 Å². The van der Waals surface area contributed by atoms with E-state index in [1.165, 1.54) is 28.9 Å². The Morgan fingerprint density at radius 3 is 2.24 bits per heavy atom. The van der Waals surface area contributed by atoms with Crippen molar-refractivity contribution in [3.63, 3.8) is 0 Å². The molecule has 0 unspecified atom stereocenters. The maximum atomic E-state index is 15.0. The third-order valence-corrected chi connectivity index (χ3v) is 14.1. The van der Waals surface area contributed by atoms with Crippen molar-refractivity contribution in [2.24, 2.45) is 0 Å². The lowest BCUT2D eigenvalue weighted by atomic mass is 9.83. The zero-order valence-electron chi connectivity index (χ0n) is 42.0. The van der Waals surface area contributed by atoms with Gasteiger partial charge in [-0.3, -0.25) is 48.1 Å². The van der Waals surface area contributed by atoms with Gasteiger partial charge in [-0.2, -0.15) is 0 Å². The smallest absolute Gasteiger partial charge is 0.343 e. The van der Waals surface area contributed by atoms with E-state index in [1.807, 2.05) is 0 Å². The summed E-state index contributed by atoms with van der Waals surface area (Å²) >= 11 is 0. The first-order valence-electron chi connectivity index (χ1n) is 25.6. The van der Waals surface area contributed by atoms with Gasteiger partial charge < -0.3 is 46.3 Å². The minimum absolute atomic E-state index is 0.0236. The average Bonchev–Trinajstić information content (AvgIpc) is 4.02. The molecule has 8 rings (SSSR count). The number of benzene rings is 2. The van der Waals surface area contributed by atoms with Crippen LogP contribution in [0.25, 0.3) is 22.3 Å². The highest BCUT2D eigenvalue weighted by atomic mass is 19.1. The number of hydrogen-bond donors (Lipinski definition) is 7. The van der Waals surface area contributed by atoms with Gasteiger partial charge in [0.15, 0.2) is 5.60 Å². The van der Waals surface area contributed by atoms with Gasteiger partial charge in [-0.1, -0.05) is 50.1 Å². The van der Waals surface area contributed by atoms with Crippen molar-refractivity contribution in [3.8, 4) is 11.4 Å². The molecule has 5 heterocycles. The summed E-state index contributed by atoms with van der Waals surface area (Å²) < 4.78 is 21.7. The lowest BCUT2D eigenvalue weighted by molar-refractivity contribution is -0.172. The Morgan fingerprint density at radius 1 is 0.803 bits per heavy atom. The molecule has 0 bridgehead atoms. The molecule has 0 radical (unpaired) electrons. The number of aryl methyl sites for hydroxylation is 1. The van der Waals surface area contributed by atoms with Crippen molar-refractivity contribution in [1.82, 2.24) is 46.4 Å².